The molecule has 0 aliphatic rings. The molecule has 2 amide bonds. The van der Waals surface area contributed by atoms with Gasteiger partial charge in [-0.1, -0.05) is 35.4 Å². The van der Waals surface area contributed by atoms with Gasteiger partial charge in [-0.15, -0.1) is 0 Å². The molecule has 22 heavy (non-hydrogen) atoms. The second-order valence-electron chi connectivity index (χ2n) is 5.13. The Kier molecular flexibility index (Phi) is 5.67. The van der Waals surface area contributed by atoms with E-state index in [-0.39, 0.29) is 12.1 Å². The summed E-state index contributed by atoms with van der Waals surface area (Å²) >= 11 is 5.87. The Balaban J connectivity index is 1.77. The van der Waals surface area contributed by atoms with Crippen LogP contribution in [0, 0.1) is 6.92 Å². The van der Waals surface area contributed by atoms with E-state index in [1.54, 1.807) is 24.3 Å². The molecule has 2 aromatic carbocycles. The molecule has 0 bridgehead atoms. The van der Waals surface area contributed by atoms with Crippen LogP contribution < -0.4 is 15.4 Å². The van der Waals surface area contributed by atoms with E-state index in [2.05, 4.69) is 10.6 Å². The Bertz CT molecular complexity index is 629. The monoisotopic (exact) mass is 318 g/mol. The Labute approximate surface area is 135 Å². The normalized spacial score (nSPS) is 11.6. The highest BCUT2D eigenvalue weighted by Crippen LogP contribution is 2.15. The summed E-state index contributed by atoms with van der Waals surface area (Å²) in [7, 11) is 0. The van der Waals surface area contributed by atoms with Gasteiger partial charge in [0.25, 0.3) is 0 Å². The van der Waals surface area contributed by atoms with Crippen LogP contribution in [-0.4, -0.2) is 18.7 Å². The molecule has 0 heterocycles. The van der Waals surface area contributed by atoms with Crippen LogP contribution in [0.2, 0.25) is 5.02 Å². The highest BCUT2D eigenvalue weighted by Gasteiger charge is 2.08. The Hall–Kier alpha value is -2.20. The SMILES string of the molecule is Cc1ccc(OC[C@@H](C)NC(=O)Nc2cccc(Cl)c2)cc1. The van der Waals surface area contributed by atoms with E-state index in [9.17, 15) is 4.79 Å². The van der Waals surface area contributed by atoms with Gasteiger partial charge in [0.1, 0.15) is 12.4 Å². The standard InChI is InChI=1S/C17H19ClN2O2/c1-12-6-8-16(9-7-12)22-11-13(2)19-17(21)20-15-5-3-4-14(18)10-15/h3-10,13H,11H2,1-2H3,(H2,19,20,21)/t13-/m1/s1. The van der Waals surface area contributed by atoms with E-state index >= 15 is 0 Å². The lowest BCUT2D eigenvalue weighted by molar-refractivity contribution is 0.236. The fourth-order valence-electron chi connectivity index (χ4n) is 1.85. The smallest absolute Gasteiger partial charge is 0.319 e. The number of aryl methyl sites for hydroxylation is 1. The van der Waals surface area contributed by atoms with Crippen LogP contribution in [0.5, 0.6) is 5.75 Å². The van der Waals surface area contributed by atoms with Crippen molar-refractivity contribution >= 4 is 23.3 Å². The lowest BCUT2D eigenvalue weighted by atomic mass is 10.2. The first-order valence-corrected chi connectivity index (χ1v) is 7.43. The minimum Gasteiger partial charge on any atom is -0.491 e. The van der Waals surface area contributed by atoms with Gasteiger partial charge in [0.05, 0.1) is 6.04 Å². The third-order valence-electron chi connectivity index (χ3n) is 2.98. The molecule has 2 N–H and O–H groups in total. The van der Waals surface area contributed by atoms with Gasteiger partial charge < -0.3 is 15.4 Å². The van der Waals surface area contributed by atoms with Gasteiger partial charge in [-0.05, 0) is 44.2 Å². The van der Waals surface area contributed by atoms with Crippen LogP contribution in [0.1, 0.15) is 12.5 Å². The quantitative estimate of drug-likeness (QED) is 0.866. The first-order valence-electron chi connectivity index (χ1n) is 7.05. The number of urea groups is 1. The van der Waals surface area contributed by atoms with Crippen LogP contribution in [0.4, 0.5) is 10.5 Å². The lowest BCUT2D eigenvalue weighted by Crippen LogP contribution is -2.39. The number of rotatable bonds is 5. The van der Waals surface area contributed by atoms with Gasteiger partial charge in [-0.2, -0.15) is 0 Å². The summed E-state index contributed by atoms with van der Waals surface area (Å²) in [5.41, 5.74) is 1.83. The maximum Gasteiger partial charge on any atom is 0.319 e. The van der Waals surface area contributed by atoms with E-state index in [0.29, 0.717) is 17.3 Å². The molecule has 116 valence electrons. The van der Waals surface area contributed by atoms with Gasteiger partial charge in [-0.3, -0.25) is 0 Å². The van der Waals surface area contributed by atoms with E-state index < -0.39 is 0 Å². The fraction of sp³-hybridized carbons (Fsp3) is 0.235. The van der Waals surface area contributed by atoms with Crippen LogP contribution in [-0.2, 0) is 0 Å². The number of hydrogen-bond donors (Lipinski definition) is 2. The van der Waals surface area contributed by atoms with E-state index in [4.69, 9.17) is 16.3 Å². The predicted molar refractivity (Wildman–Crippen MR) is 89.7 cm³/mol. The van der Waals surface area contributed by atoms with E-state index in [1.165, 1.54) is 5.56 Å². The number of benzene rings is 2. The minimum atomic E-state index is -0.290. The molecule has 1 atom stereocenters. The first-order chi connectivity index (χ1) is 10.5. The summed E-state index contributed by atoms with van der Waals surface area (Å²) in [4.78, 5) is 11.9. The van der Waals surface area contributed by atoms with Crippen LogP contribution in [0.15, 0.2) is 48.5 Å². The molecule has 0 unspecified atom stereocenters. The third-order valence-corrected chi connectivity index (χ3v) is 3.22. The third kappa shape index (κ3) is 5.30. The molecule has 0 aromatic heterocycles. The summed E-state index contributed by atoms with van der Waals surface area (Å²) in [6.45, 7) is 4.30. The summed E-state index contributed by atoms with van der Waals surface area (Å²) in [5, 5.41) is 6.12. The van der Waals surface area contributed by atoms with Gasteiger partial charge in [0, 0.05) is 10.7 Å². The maximum absolute atomic E-state index is 11.9. The number of hydrogen-bond acceptors (Lipinski definition) is 2. The minimum absolute atomic E-state index is 0.125. The molecule has 4 nitrogen and oxygen atoms in total. The van der Waals surface area contributed by atoms with Gasteiger partial charge in [-0.25, -0.2) is 4.79 Å². The van der Waals surface area contributed by atoms with Gasteiger partial charge >= 0.3 is 6.03 Å². The molecule has 0 spiro atoms. The molecule has 5 heteroatoms. The van der Waals surface area contributed by atoms with Crippen molar-refractivity contribution < 1.29 is 9.53 Å². The maximum atomic E-state index is 11.9. The molecular formula is C17H19ClN2O2. The highest BCUT2D eigenvalue weighted by atomic mass is 35.5. The Morgan fingerprint density at radius 2 is 1.95 bits per heavy atom. The summed E-state index contributed by atoms with van der Waals surface area (Å²) in [6.07, 6.45) is 0. The molecular weight excluding hydrogens is 300 g/mol. The zero-order chi connectivity index (χ0) is 15.9. The van der Waals surface area contributed by atoms with Gasteiger partial charge in [0.15, 0.2) is 0 Å². The van der Waals surface area contributed by atoms with Crippen molar-refractivity contribution in [1.82, 2.24) is 5.32 Å². The fourth-order valence-corrected chi connectivity index (χ4v) is 2.04. The number of nitrogens with one attached hydrogen (secondary N) is 2. The predicted octanol–water partition coefficient (Wildman–Crippen LogP) is 4.24. The largest absolute Gasteiger partial charge is 0.491 e. The molecule has 0 radical (unpaired) electrons. The summed E-state index contributed by atoms with van der Waals surface area (Å²) in [5.74, 6) is 0.787. The average Bonchev–Trinajstić information content (AvgIpc) is 2.46. The number of halogens is 1. The topological polar surface area (TPSA) is 50.4 Å². The van der Waals surface area contributed by atoms with Crippen molar-refractivity contribution in [2.45, 2.75) is 19.9 Å². The highest BCUT2D eigenvalue weighted by molar-refractivity contribution is 6.30. The number of ether oxygens (including phenoxy) is 1. The first kappa shape index (κ1) is 16.2. The number of carbonyl (C=O) groups is 1. The molecule has 0 aliphatic heterocycles. The van der Waals surface area contributed by atoms with Crippen LogP contribution in [0.25, 0.3) is 0 Å². The second-order valence-corrected chi connectivity index (χ2v) is 5.57. The van der Waals surface area contributed by atoms with Crippen LogP contribution >= 0.6 is 11.6 Å². The van der Waals surface area contributed by atoms with Gasteiger partial charge in [0.2, 0.25) is 0 Å². The Morgan fingerprint density at radius 3 is 2.64 bits per heavy atom. The number of carbonyl (C=O) groups excluding carboxylic acids is 1. The van der Waals surface area contributed by atoms with Crippen molar-refractivity contribution in [3.63, 3.8) is 0 Å². The zero-order valence-electron chi connectivity index (χ0n) is 12.6. The molecule has 0 saturated carbocycles. The van der Waals surface area contributed by atoms with E-state index in [0.717, 1.165) is 5.75 Å². The van der Waals surface area contributed by atoms with Crippen molar-refractivity contribution in [2.24, 2.45) is 0 Å². The molecule has 0 fully saturated rings. The van der Waals surface area contributed by atoms with E-state index in [1.807, 2.05) is 38.1 Å². The van der Waals surface area contributed by atoms with Crippen LogP contribution in [0.3, 0.4) is 0 Å². The summed E-state index contributed by atoms with van der Waals surface area (Å²) < 4.78 is 5.63. The molecule has 0 saturated heterocycles. The molecule has 2 rings (SSSR count). The van der Waals surface area contributed by atoms with Crippen molar-refractivity contribution in [3.8, 4) is 5.75 Å². The Morgan fingerprint density at radius 1 is 1.23 bits per heavy atom. The lowest BCUT2D eigenvalue weighted by Gasteiger charge is -2.16. The average molecular weight is 319 g/mol. The van der Waals surface area contributed by atoms with Crippen molar-refractivity contribution in [1.29, 1.82) is 0 Å². The van der Waals surface area contributed by atoms with Crippen molar-refractivity contribution in [3.05, 3.63) is 59.1 Å². The molecule has 2 aromatic rings. The second kappa shape index (κ2) is 7.71. The number of anilines is 1. The number of amides is 2. The van der Waals surface area contributed by atoms with Crippen molar-refractivity contribution in [2.75, 3.05) is 11.9 Å². The summed E-state index contributed by atoms with van der Waals surface area (Å²) in [6, 6.07) is 14.4. The zero-order valence-corrected chi connectivity index (χ0v) is 13.4. The molecule has 0 aliphatic carbocycles.